The topological polar surface area (TPSA) is 42.0 Å². The van der Waals surface area contributed by atoms with Gasteiger partial charge in [-0.2, -0.15) is 0 Å². The van der Waals surface area contributed by atoms with Gasteiger partial charge in [0.05, 0.1) is 19.8 Å². The van der Waals surface area contributed by atoms with Crippen LogP contribution in [0.3, 0.4) is 0 Å². The van der Waals surface area contributed by atoms with Gasteiger partial charge >= 0.3 is 0 Å². The molecule has 70 valence electrons. The molecule has 0 aromatic heterocycles. The summed E-state index contributed by atoms with van der Waals surface area (Å²) in [5.74, 6) is 0.709. The highest BCUT2D eigenvalue weighted by atomic mass is 16.6. The molecular formula is C10H12O3. The maximum atomic E-state index is 9.33. The lowest BCUT2D eigenvalue weighted by atomic mass is 10.1. The Morgan fingerprint density at radius 1 is 1.62 bits per heavy atom. The molecule has 2 rings (SSSR count). The Kier molecular flexibility index (Phi) is 2.10. The van der Waals surface area contributed by atoms with Gasteiger partial charge in [0, 0.05) is 6.42 Å². The lowest BCUT2D eigenvalue weighted by Crippen LogP contribution is -1.93. The summed E-state index contributed by atoms with van der Waals surface area (Å²) >= 11 is 0. The standard InChI is InChI=1S/C10H12O3/c1-12-10-5-7(2-3-9(10)11)4-8-6-13-8/h2-3,5,8,11H,4,6H2,1H3/t8-/m0/s1. The summed E-state index contributed by atoms with van der Waals surface area (Å²) < 4.78 is 10.1. The van der Waals surface area contributed by atoms with Gasteiger partial charge in [-0.05, 0) is 17.7 Å². The molecule has 3 nitrogen and oxygen atoms in total. The van der Waals surface area contributed by atoms with E-state index in [2.05, 4.69) is 0 Å². The largest absolute Gasteiger partial charge is 0.504 e. The van der Waals surface area contributed by atoms with E-state index in [1.807, 2.05) is 12.1 Å². The molecule has 1 aliphatic rings. The molecule has 0 saturated carbocycles. The van der Waals surface area contributed by atoms with E-state index >= 15 is 0 Å². The van der Waals surface area contributed by atoms with Crippen molar-refractivity contribution in [1.29, 1.82) is 0 Å². The number of hydrogen-bond acceptors (Lipinski definition) is 3. The first-order valence-electron chi connectivity index (χ1n) is 4.27. The van der Waals surface area contributed by atoms with Crippen molar-refractivity contribution >= 4 is 0 Å². The van der Waals surface area contributed by atoms with Crippen molar-refractivity contribution in [2.75, 3.05) is 13.7 Å². The van der Waals surface area contributed by atoms with E-state index in [1.165, 1.54) is 0 Å². The molecule has 0 radical (unpaired) electrons. The van der Waals surface area contributed by atoms with Gasteiger partial charge in [0.25, 0.3) is 0 Å². The molecule has 3 heteroatoms. The van der Waals surface area contributed by atoms with E-state index in [0.29, 0.717) is 11.9 Å². The van der Waals surface area contributed by atoms with Crippen LogP contribution in [-0.4, -0.2) is 24.9 Å². The summed E-state index contributed by atoms with van der Waals surface area (Å²) in [4.78, 5) is 0. The van der Waals surface area contributed by atoms with E-state index in [-0.39, 0.29) is 5.75 Å². The van der Waals surface area contributed by atoms with Crippen molar-refractivity contribution in [3.63, 3.8) is 0 Å². The van der Waals surface area contributed by atoms with Crippen LogP contribution in [0, 0.1) is 0 Å². The summed E-state index contributed by atoms with van der Waals surface area (Å²) in [5.41, 5.74) is 1.14. The van der Waals surface area contributed by atoms with E-state index in [1.54, 1.807) is 13.2 Å². The number of epoxide rings is 1. The van der Waals surface area contributed by atoms with Crippen molar-refractivity contribution in [1.82, 2.24) is 0 Å². The van der Waals surface area contributed by atoms with Crippen molar-refractivity contribution in [3.8, 4) is 11.5 Å². The second-order valence-corrected chi connectivity index (χ2v) is 3.17. The quantitative estimate of drug-likeness (QED) is 0.714. The van der Waals surface area contributed by atoms with Gasteiger partial charge in [0.1, 0.15) is 0 Å². The molecule has 1 aromatic rings. The van der Waals surface area contributed by atoms with Crippen LogP contribution in [0.15, 0.2) is 18.2 Å². The van der Waals surface area contributed by atoms with Gasteiger partial charge in [-0.3, -0.25) is 0 Å². The number of phenolic OH excluding ortho intramolecular Hbond substituents is 1. The van der Waals surface area contributed by atoms with E-state index in [0.717, 1.165) is 18.6 Å². The SMILES string of the molecule is COc1cc(C[C@H]2CO2)ccc1O. The van der Waals surface area contributed by atoms with Crippen molar-refractivity contribution < 1.29 is 14.6 Å². The molecule has 1 aliphatic heterocycles. The Balaban J connectivity index is 2.16. The fourth-order valence-corrected chi connectivity index (χ4v) is 1.30. The minimum absolute atomic E-state index is 0.183. The molecule has 1 atom stereocenters. The summed E-state index contributed by atoms with van der Waals surface area (Å²) in [6.07, 6.45) is 1.27. The zero-order chi connectivity index (χ0) is 9.26. The smallest absolute Gasteiger partial charge is 0.160 e. The minimum atomic E-state index is 0.183. The average Bonchev–Trinajstić information content (AvgIpc) is 2.92. The zero-order valence-electron chi connectivity index (χ0n) is 7.49. The fraction of sp³-hybridized carbons (Fsp3) is 0.400. The number of rotatable bonds is 3. The van der Waals surface area contributed by atoms with Gasteiger partial charge in [0.15, 0.2) is 11.5 Å². The number of methoxy groups -OCH3 is 1. The second kappa shape index (κ2) is 3.26. The highest BCUT2D eigenvalue weighted by Gasteiger charge is 2.22. The van der Waals surface area contributed by atoms with Crippen LogP contribution in [0.25, 0.3) is 0 Å². The third kappa shape index (κ3) is 1.92. The predicted octanol–water partition coefficient (Wildman–Crippen LogP) is 1.34. The molecule has 0 aliphatic carbocycles. The van der Waals surface area contributed by atoms with Gasteiger partial charge in [-0.1, -0.05) is 6.07 Å². The Morgan fingerprint density at radius 3 is 3.00 bits per heavy atom. The molecule has 1 aromatic carbocycles. The molecule has 1 N–H and O–H groups in total. The van der Waals surface area contributed by atoms with Crippen LogP contribution < -0.4 is 4.74 Å². The first kappa shape index (κ1) is 8.38. The van der Waals surface area contributed by atoms with Crippen LogP contribution in [0.5, 0.6) is 11.5 Å². The van der Waals surface area contributed by atoms with Crippen molar-refractivity contribution in [3.05, 3.63) is 23.8 Å². The highest BCUT2D eigenvalue weighted by Crippen LogP contribution is 2.28. The van der Waals surface area contributed by atoms with Crippen LogP contribution in [0.4, 0.5) is 0 Å². The summed E-state index contributed by atoms with van der Waals surface area (Å²) in [7, 11) is 1.55. The van der Waals surface area contributed by atoms with Gasteiger partial charge in [0.2, 0.25) is 0 Å². The number of ether oxygens (including phenoxy) is 2. The molecule has 0 unspecified atom stereocenters. The summed E-state index contributed by atoms with van der Waals surface area (Å²) in [6, 6.07) is 5.38. The maximum Gasteiger partial charge on any atom is 0.160 e. The van der Waals surface area contributed by atoms with Gasteiger partial charge in [-0.25, -0.2) is 0 Å². The Hall–Kier alpha value is -1.22. The Labute approximate surface area is 76.9 Å². The molecule has 0 amide bonds. The Morgan fingerprint density at radius 2 is 2.38 bits per heavy atom. The molecule has 1 fully saturated rings. The highest BCUT2D eigenvalue weighted by molar-refractivity contribution is 5.41. The number of aromatic hydroxyl groups is 1. The second-order valence-electron chi connectivity index (χ2n) is 3.17. The maximum absolute atomic E-state index is 9.33. The van der Waals surface area contributed by atoms with Crippen LogP contribution in [0.1, 0.15) is 5.56 Å². The zero-order valence-corrected chi connectivity index (χ0v) is 7.49. The van der Waals surface area contributed by atoms with Gasteiger partial charge < -0.3 is 14.6 Å². The molecule has 13 heavy (non-hydrogen) atoms. The normalized spacial score (nSPS) is 19.9. The van der Waals surface area contributed by atoms with E-state index in [9.17, 15) is 5.11 Å². The monoisotopic (exact) mass is 180 g/mol. The molecule has 1 saturated heterocycles. The van der Waals surface area contributed by atoms with E-state index < -0.39 is 0 Å². The summed E-state index contributed by atoms with van der Waals surface area (Å²) in [6.45, 7) is 0.850. The molecule has 1 heterocycles. The number of benzene rings is 1. The van der Waals surface area contributed by atoms with Crippen LogP contribution in [0.2, 0.25) is 0 Å². The number of hydrogen-bond donors (Lipinski definition) is 1. The Bertz CT molecular complexity index is 305. The minimum Gasteiger partial charge on any atom is -0.504 e. The first-order valence-corrected chi connectivity index (χ1v) is 4.27. The average molecular weight is 180 g/mol. The number of phenols is 1. The third-order valence-electron chi connectivity index (χ3n) is 2.11. The molecule has 0 bridgehead atoms. The first-order chi connectivity index (χ1) is 6.29. The summed E-state index contributed by atoms with van der Waals surface area (Å²) in [5, 5.41) is 9.33. The van der Waals surface area contributed by atoms with Gasteiger partial charge in [-0.15, -0.1) is 0 Å². The van der Waals surface area contributed by atoms with E-state index in [4.69, 9.17) is 9.47 Å². The third-order valence-corrected chi connectivity index (χ3v) is 2.11. The predicted molar refractivity (Wildman–Crippen MR) is 48.1 cm³/mol. The van der Waals surface area contributed by atoms with Crippen molar-refractivity contribution in [2.24, 2.45) is 0 Å². The van der Waals surface area contributed by atoms with Crippen LogP contribution >= 0.6 is 0 Å². The fourth-order valence-electron chi connectivity index (χ4n) is 1.30. The van der Waals surface area contributed by atoms with Crippen LogP contribution in [-0.2, 0) is 11.2 Å². The lowest BCUT2D eigenvalue weighted by molar-refractivity contribution is 0.372. The molecule has 0 spiro atoms. The molecular weight excluding hydrogens is 168 g/mol. The lowest BCUT2D eigenvalue weighted by Gasteiger charge is -2.04. The van der Waals surface area contributed by atoms with Crippen molar-refractivity contribution in [2.45, 2.75) is 12.5 Å².